The van der Waals surface area contributed by atoms with Crippen LogP contribution in [0.5, 0.6) is 0 Å². The van der Waals surface area contributed by atoms with Gasteiger partial charge in [-0.25, -0.2) is 4.79 Å². The van der Waals surface area contributed by atoms with E-state index in [1.54, 1.807) is 36.4 Å². The number of hydrogen-bond donors (Lipinski definition) is 3. The molecule has 6 nitrogen and oxygen atoms in total. The number of rotatable bonds is 5. The molecular formula is C21H22N2O4. The van der Waals surface area contributed by atoms with E-state index in [-0.39, 0.29) is 11.3 Å². The summed E-state index contributed by atoms with van der Waals surface area (Å²) in [7, 11) is 0. The minimum absolute atomic E-state index is 0.0105. The van der Waals surface area contributed by atoms with Crippen LogP contribution >= 0.6 is 0 Å². The van der Waals surface area contributed by atoms with Gasteiger partial charge in [0.15, 0.2) is 0 Å². The van der Waals surface area contributed by atoms with Crippen molar-refractivity contribution in [1.82, 2.24) is 0 Å². The molecule has 0 aromatic heterocycles. The average Bonchev–Trinajstić information content (AvgIpc) is 2.59. The van der Waals surface area contributed by atoms with Gasteiger partial charge in [0.1, 0.15) is 0 Å². The van der Waals surface area contributed by atoms with Crippen molar-refractivity contribution in [3.05, 3.63) is 71.8 Å². The summed E-state index contributed by atoms with van der Waals surface area (Å²) in [5, 5.41) is 13.8. The topological polar surface area (TPSA) is 95.5 Å². The van der Waals surface area contributed by atoms with Crippen molar-refractivity contribution >= 4 is 29.2 Å². The molecule has 0 aliphatic heterocycles. The normalized spacial score (nSPS) is 11.2. The van der Waals surface area contributed by atoms with Crippen molar-refractivity contribution in [2.75, 3.05) is 10.6 Å². The van der Waals surface area contributed by atoms with E-state index in [0.717, 1.165) is 17.7 Å². The van der Waals surface area contributed by atoms with Gasteiger partial charge in [0, 0.05) is 29.1 Å². The van der Waals surface area contributed by atoms with Gasteiger partial charge in [-0.3, -0.25) is 9.59 Å². The van der Waals surface area contributed by atoms with Gasteiger partial charge < -0.3 is 15.7 Å². The third kappa shape index (κ3) is 6.11. The van der Waals surface area contributed by atoms with Crippen molar-refractivity contribution < 1.29 is 19.5 Å². The lowest BCUT2D eigenvalue weighted by atomic mass is 9.87. The Bertz CT molecular complexity index is 878. The Labute approximate surface area is 157 Å². The van der Waals surface area contributed by atoms with Crippen LogP contribution in [0.3, 0.4) is 0 Å². The minimum atomic E-state index is -1.20. The molecule has 0 radical (unpaired) electrons. The Balaban J connectivity index is 2.06. The number of benzene rings is 2. The Morgan fingerprint density at radius 2 is 1.48 bits per heavy atom. The number of amides is 2. The molecule has 0 bridgehead atoms. The molecule has 2 aromatic carbocycles. The monoisotopic (exact) mass is 366 g/mol. The second-order valence-electron chi connectivity index (χ2n) is 7.02. The molecule has 0 saturated heterocycles. The van der Waals surface area contributed by atoms with Gasteiger partial charge in [0.05, 0.1) is 0 Å². The van der Waals surface area contributed by atoms with Crippen LogP contribution in [0.1, 0.15) is 36.7 Å². The Hall–Kier alpha value is -3.41. The molecule has 0 aliphatic carbocycles. The highest BCUT2D eigenvalue weighted by Gasteiger charge is 2.14. The highest BCUT2D eigenvalue weighted by Crippen LogP contribution is 2.22. The maximum atomic E-state index is 12.4. The quantitative estimate of drug-likeness (QED) is 0.701. The first-order valence-electron chi connectivity index (χ1n) is 8.39. The lowest BCUT2D eigenvalue weighted by molar-refractivity contribution is -0.131. The van der Waals surface area contributed by atoms with E-state index in [1.807, 2.05) is 12.1 Å². The van der Waals surface area contributed by atoms with Crippen LogP contribution in [0.2, 0.25) is 0 Å². The number of hydrogen-bond acceptors (Lipinski definition) is 3. The first-order chi connectivity index (χ1) is 12.6. The summed E-state index contributed by atoms with van der Waals surface area (Å²) in [5.74, 6) is -2.04. The fourth-order valence-electron chi connectivity index (χ4n) is 2.33. The molecule has 0 fully saturated rings. The Kier molecular flexibility index (Phi) is 6.13. The van der Waals surface area contributed by atoms with Gasteiger partial charge in [0.2, 0.25) is 5.91 Å². The van der Waals surface area contributed by atoms with Crippen LogP contribution < -0.4 is 10.6 Å². The molecule has 0 atom stereocenters. The van der Waals surface area contributed by atoms with E-state index < -0.39 is 11.9 Å². The molecular weight excluding hydrogens is 344 g/mol. The van der Waals surface area contributed by atoms with Crippen molar-refractivity contribution in [2.45, 2.75) is 26.2 Å². The molecule has 27 heavy (non-hydrogen) atoms. The van der Waals surface area contributed by atoms with Crippen LogP contribution in [-0.2, 0) is 15.0 Å². The summed E-state index contributed by atoms with van der Waals surface area (Å²) in [5.41, 5.74) is 2.63. The number of carboxylic acid groups (broad SMARTS) is 1. The number of nitrogens with one attached hydrogen (secondary N) is 2. The van der Waals surface area contributed by atoms with E-state index in [4.69, 9.17) is 5.11 Å². The van der Waals surface area contributed by atoms with Crippen LogP contribution in [0.25, 0.3) is 0 Å². The van der Waals surface area contributed by atoms with Crippen molar-refractivity contribution in [3.8, 4) is 0 Å². The maximum Gasteiger partial charge on any atom is 0.328 e. The SMILES string of the molecule is CC(C)(C)c1ccc(C(=O)Nc2cccc(NC(=O)/C=C/C(=O)O)c2)cc1. The standard InChI is InChI=1S/C21H22N2O4/c1-21(2,3)15-9-7-14(8-10-15)20(27)23-17-6-4-5-16(13-17)22-18(24)11-12-19(25)26/h4-13H,1-3H3,(H,22,24)(H,23,27)(H,25,26)/b12-11+. The zero-order valence-corrected chi connectivity index (χ0v) is 15.4. The van der Waals surface area contributed by atoms with Crippen LogP contribution in [-0.4, -0.2) is 22.9 Å². The highest BCUT2D eigenvalue weighted by atomic mass is 16.4. The smallest absolute Gasteiger partial charge is 0.328 e. The zero-order chi connectivity index (χ0) is 20.0. The third-order valence-electron chi connectivity index (χ3n) is 3.78. The molecule has 0 heterocycles. The second-order valence-corrected chi connectivity index (χ2v) is 7.02. The number of aliphatic carboxylic acids is 1. The van der Waals surface area contributed by atoms with Gasteiger partial charge in [0.25, 0.3) is 5.91 Å². The summed E-state index contributed by atoms with van der Waals surface area (Å²) < 4.78 is 0. The van der Waals surface area contributed by atoms with Crippen molar-refractivity contribution in [2.24, 2.45) is 0 Å². The van der Waals surface area contributed by atoms with Gasteiger partial charge in [-0.05, 0) is 41.3 Å². The number of carbonyl (C=O) groups excluding carboxylic acids is 2. The molecule has 2 rings (SSSR count). The largest absolute Gasteiger partial charge is 0.478 e. The first kappa shape index (κ1) is 19.9. The molecule has 6 heteroatoms. The average molecular weight is 366 g/mol. The minimum Gasteiger partial charge on any atom is -0.478 e. The predicted octanol–water partition coefficient (Wildman–Crippen LogP) is 3.82. The summed E-state index contributed by atoms with van der Waals surface area (Å²) in [6.45, 7) is 6.31. The summed E-state index contributed by atoms with van der Waals surface area (Å²) in [4.78, 5) is 34.5. The van der Waals surface area contributed by atoms with E-state index in [2.05, 4.69) is 31.4 Å². The summed E-state index contributed by atoms with van der Waals surface area (Å²) in [6, 6.07) is 14.0. The predicted molar refractivity (Wildman–Crippen MR) is 105 cm³/mol. The van der Waals surface area contributed by atoms with Crippen LogP contribution in [0.15, 0.2) is 60.7 Å². The van der Waals surface area contributed by atoms with Gasteiger partial charge in [-0.15, -0.1) is 0 Å². The molecule has 0 saturated carbocycles. The summed E-state index contributed by atoms with van der Waals surface area (Å²) in [6.07, 6.45) is 1.67. The van der Waals surface area contributed by atoms with E-state index in [9.17, 15) is 14.4 Å². The lowest BCUT2D eigenvalue weighted by Gasteiger charge is -2.19. The van der Waals surface area contributed by atoms with E-state index in [1.165, 1.54) is 0 Å². The van der Waals surface area contributed by atoms with Crippen LogP contribution in [0, 0.1) is 0 Å². The Morgan fingerprint density at radius 3 is 2.04 bits per heavy atom. The van der Waals surface area contributed by atoms with Gasteiger partial charge >= 0.3 is 5.97 Å². The van der Waals surface area contributed by atoms with Crippen LogP contribution in [0.4, 0.5) is 11.4 Å². The second kappa shape index (κ2) is 8.31. The third-order valence-corrected chi connectivity index (χ3v) is 3.78. The molecule has 0 aliphatic rings. The van der Waals surface area contributed by atoms with Crippen molar-refractivity contribution in [3.63, 3.8) is 0 Å². The molecule has 0 unspecified atom stereocenters. The molecule has 140 valence electrons. The molecule has 3 N–H and O–H groups in total. The first-order valence-corrected chi connectivity index (χ1v) is 8.39. The number of carboxylic acids is 1. The van der Waals surface area contributed by atoms with E-state index in [0.29, 0.717) is 16.9 Å². The van der Waals surface area contributed by atoms with Gasteiger partial charge in [-0.1, -0.05) is 39.0 Å². The number of anilines is 2. The number of carbonyl (C=O) groups is 3. The Morgan fingerprint density at radius 1 is 0.889 bits per heavy atom. The summed E-state index contributed by atoms with van der Waals surface area (Å²) >= 11 is 0. The van der Waals surface area contributed by atoms with Gasteiger partial charge in [-0.2, -0.15) is 0 Å². The molecule has 0 spiro atoms. The molecule has 2 aromatic rings. The lowest BCUT2D eigenvalue weighted by Crippen LogP contribution is -2.14. The van der Waals surface area contributed by atoms with E-state index >= 15 is 0 Å². The van der Waals surface area contributed by atoms with Crippen molar-refractivity contribution in [1.29, 1.82) is 0 Å². The fraction of sp³-hybridized carbons (Fsp3) is 0.190. The highest BCUT2D eigenvalue weighted by molar-refractivity contribution is 6.05. The maximum absolute atomic E-state index is 12.4. The fourth-order valence-corrected chi connectivity index (χ4v) is 2.33. The molecule has 2 amide bonds. The zero-order valence-electron chi connectivity index (χ0n) is 15.4.